The van der Waals surface area contributed by atoms with E-state index in [1.807, 2.05) is 41.1 Å². The van der Waals surface area contributed by atoms with Gasteiger partial charge in [-0.2, -0.15) is 0 Å². The number of amides is 2. The van der Waals surface area contributed by atoms with Crippen molar-refractivity contribution < 1.29 is 27.9 Å². The van der Waals surface area contributed by atoms with E-state index >= 15 is 0 Å². The number of carboxylic acid groups (broad SMARTS) is 1. The van der Waals surface area contributed by atoms with Crippen LogP contribution in [0, 0.1) is 11.3 Å². The van der Waals surface area contributed by atoms with Crippen molar-refractivity contribution in [2.75, 3.05) is 6.54 Å². The molecule has 0 aliphatic heterocycles. The molecule has 8 nitrogen and oxygen atoms in total. The van der Waals surface area contributed by atoms with Gasteiger partial charge in [-0.15, -0.1) is 0 Å². The number of ether oxygens (including phenoxy) is 1. The lowest BCUT2D eigenvalue weighted by Crippen LogP contribution is -2.37. The predicted molar refractivity (Wildman–Crippen MR) is 143 cm³/mol. The van der Waals surface area contributed by atoms with Gasteiger partial charge in [-0.3, -0.25) is 9.52 Å². The number of carbonyl (C=O) groups is 2. The normalized spacial score (nSPS) is 20.4. The second-order valence-corrected chi connectivity index (χ2v) is 13.5. The van der Waals surface area contributed by atoms with Crippen molar-refractivity contribution in [2.24, 2.45) is 11.3 Å². The van der Waals surface area contributed by atoms with E-state index in [2.05, 4.69) is 20.8 Å². The number of sulfonamides is 1. The molecule has 9 heteroatoms. The summed E-state index contributed by atoms with van der Waals surface area (Å²) in [4.78, 5) is 24.9. The maximum absolute atomic E-state index is 12.1. The van der Waals surface area contributed by atoms with E-state index in [4.69, 9.17) is 4.74 Å². The summed E-state index contributed by atoms with van der Waals surface area (Å²) in [6.45, 7) is 6.94. The van der Waals surface area contributed by atoms with E-state index in [0.29, 0.717) is 18.3 Å². The molecule has 2 aromatic rings. The summed E-state index contributed by atoms with van der Waals surface area (Å²) in [6, 6.07) is 11.7. The first-order valence-electron chi connectivity index (χ1n) is 13.1. The zero-order valence-corrected chi connectivity index (χ0v) is 22.7. The van der Waals surface area contributed by atoms with Crippen LogP contribution in [0.1, 0.15) is 71.3 Å². The maximum Gasteiger partial charge on any atom is 0.407 e. The van der Waals surface area contributed by atoms with Crippen LogP contribution in [0.4, 0.5) is 4.79 Å². The van der Waals surface area contributed by atoms with Crippen molar-refractivity contribution in [3.63, 3.8) is 0 Å². The van der Waals surface area contributed by atoms with Crippen LogP contribution in [0.15, 0.2) is 36.4 Å². The van der Waals surface area contributed by atoms with Crippen LogP contribution in [-0.2, 0) is 21.4 Å². The molecule has 37 heavy (non-hydrogen) atoms. The van der Waals surface area contributed by atoms with E-state index in [1.54, 1.807) is 0 Å². The molecule has 2 fully saturated rings. The average molecular weight is 531 g/mol. The lowest BCUT2D eigenvalue weighted by molar-refractivity contribution is -0.119. The maximum atomic E-state index is 12.1. The zero-order chi connectivity index (χ0) is 26.8. The number of fused-ring (bicyclic) bond motifs is 1. The quantitative estimate of drug-likeness (QED) is 0.455. The van der Waals surface area contributed by atoms with Crippen LogP contribution < -0.4 is 9.46 Å². The third-order valence-corrected chi connectivity index (χ3v) is 9.41. The Kier molecular flexibility index (Phi) is 8.02. The van der Waals surface area contributed by atoms with Crippen molar-refractivity contribution >= 4 is 32.8 Å². The topological polar surface area (TPSA) is 113 Å². The van der Waals surface area contributed by atoms with Gasteiger partial charge in [-0.05, 0) is 84.4 Å². The van der Waals surface area contributed by atoms with Gasteiger partial charge in [0.05, 0.1) is 11.4 Å². The Morgan fingerprint density at radius 1 is 1.00 bits per heavy atom. The van der Waals surface area contributed by atoms with E-state index in [0.717, 1.165) is 45.7 Å². The summed E-state index contributed by atoms with van der Waals surface area (Å²) >= 11 is 0. The second kappa shape index (κ2) is 10.9. The molecule has 2 aliphatic rings. The highest BCUT2D eigenvalue weighted by molar-refractivity contribution is 7.90. The largest absolute Gasteiger partial charge is 0.490 e. The fraction of sp³-hybridized carbons (Fsp3) is 0.571. The highest BCUT2D eigenvalue weighted by atomic mass is 32.2. The molecule has 202 valence electrons. The van der Waals surface area contributed by atoms with E-state index < -0.39 is 27.3 Å². The average Bonchev–Trinajstić information content (AvgIpc) is 3.67. The molecule has 0 saturated heterocycles. The number of benzene rings is 2. The van der Waals surface area contributed by atoms with Crippen LogP contribution in [0.3, 0.4) is 0 Å². The third-order valence-electron chi connectivity index (χ3n) is 7.55. The third kappa shape index (κ3) is 7.37. The van der Waals surface area contributed by atoms with Gasteiger partial charge in [0, 0.05) is 19.5 Å². The van der Waals surface area contributed by atoms with Gasteiger partial charge in [0.1, 0.15) is 5.75 Å². The molecule has 0 bridgehead atoms. The van der Waals surface area contributed by atoms with Gasteiger partial charge < -0.3 is 14.7 Å². The summed E-state index contributed by atoms with van der Waals surface area (Å²) in [7, 11) is -3.64. The number of hydrogen-bond donors (Lipinski definition) is 2. The summed E-state index contributed by atoms with van der Waals surface area (Å²) in [5.74, 6) is 0.896. The first-order valence-corrected chi connectivity index (χ1v) is 14.7. The Morgan fingerprint density at radius 2 is 1.65 bits per heavy atom. The minimum atomic E-state index is -3.64. The Hall–Kier alpha value is -2.81. The monoisotopic (exact) mass is 530 g/mol. The van der Waals surface area contributed by atoms with Crippen LogP contribution in [0.25, 0.3) is 10.8 Å². The molecule has 4 rings (SSSR count). The fourth-order valence-corrected chi connectivity index (χ4v) is 6.40. The van der Waals surface area contributed by atoms with Crippen LogP contribution in [-0.4, -0.2) is 48.3 Å². The van der Waals surface area contributed by atoms with Gasteiger partial charge in [0.25, 0.3) is 0 Å². The Balaban J connectivity index is 1.33. The van der Waals surface area contributed by atoms with Gasteiger partial charge in [-0.1, -0.05) is 39.0 Å². The Labute approximate surface area is 219 Å². The summed E-state index contributed by atoms with van der Waals surface area (Å²) < 4.78 is 32.2. The van der Waals surface area contributed by atoms with Gasteiger partial charge in [0.15, 0.2) is 0 Å². The molecule has 0 radical (unpaired) electrons. The lowest BCUT2D eigenvalue weighted by Gasteiger charge is -2.37. The molecule has 0 atom stereocenters. The molecule has 2 N–H and O–H groups in total. The molecule has 2 aliphatic carbocycles. The molecule has 0 aromatic heterocycles. The Morgan fingerprint density at radius 3 is 2.27 bits per heavy atom. The fourth-order valence-electron chi connectivity index (χ4n) is 5.05. The first-order chi connectivity index (χ1) is 17.4. The smallest absolute Gasteiger partial charge is 0.407 e. The van der Waals surface area contributed by atoms with Crippen LogP contribution >= 0.6 is 0 Å². The summed E-state index contributed by atoms with van der Waals surface area (Å²) in [6.07, 6.45) is 4.45. The molecule has 2 amide bonds. The molecule has 2 saturated carbocycles. The Bertz CT molecular complexity index is 1240. The molecular weight excluding hydrogens is 492 g/mol. The zero-order valence-electron chi connectivity index (χ0n) is 21.9. The SMILES string of the molecule is CC(C)(C)[C@H]1CC[C@H](Oc2ccc3cc(CN(CCC(=O)NS(=O)(=O)C4CC4)C(=O)O)ccc3c2)CC1. The summed E-state index contributed by atoms with van der Waals surface area (Å²) in [5.41, 5.74) is 1.13. The standard InChI is InChI=1S/C28H38N2O6S/c1-28(2,3)22-7-10-23(11-8-22)36-24-9-6-20-16-19(4-5-21(20)17-24)18-30(27(32)33)15-14-26(31)29-37(34,35)25-12-13-25/h4-6,9,16-17,22-23,25H,7-8,10-15,18H2,1-3H3,(H,29,31)(H,32,33)/t22-,23-. The highest BCUT2D eigenvalue weighted by Gasteiger charge is 2.36. The van der Waals surface area contributed by atoms with Crippen LogP contribution in [0.2, 0.25) is 0 Å². The molecule has 2 aromatic carbocycles. The van der Waals surface area contributed by atoms with Crippen molar-refractivity contribution in [1.82, 2.24) is 9.62 Å². The second-order valence-electron chi connectivity index (χ2n) is 11.5. The number of hydrogen-bond acceptors (Lipinski definition) is 5. The van der Waals surface area contributed by atoms with E-state index in [1.165, 1.54) is 12.8 Å². The predicted octanol–water partition coefficient (Wildman–Crippen LogP) is 5.30. The van der Waals surface area contributed by atoms with Crippen molar-refractivity contribution in [3.8, 4) is 5.75 Å². The molecule has 0 spiro atoms. The van der Waals surface area contributed by atoms with Crippen LogP contribution in [0.5, 0.6) is 5.75 Å². The van der Waals surface area contributed by atoms with E-state index in [9.17, 15) is 23.1 Å². The van der Waals surface area contributed by atoms with Crippen molar-refractivity contribution in [3.05, 3.63) is 42.0 Å². The summed E-state index contributed by atoms with van der Waals surface area (Å²) in [5, 5.41) is 11.1. The van der Waals surface area contributed by atoms with E-state index in [-0.39, 0.29) is 25.6 Å². The number of carbonyl (C=O) groups excluding carboxylic acids is 1. The minimum absolute atomic E-state index is 0.0936. The van der Waals surface area contributed by atoms with Gasteiger partial charge in [0.2, 0.25) is 15.9 Å². The van der Waals surface area contributed by atoms with Crippen molar-refractivity contribution in [1.29, 1.82) is 0 Å². The van der Waals surface area contributed by atoms with Crippen molar-refractivity contribution in [2.45, 2.75) is 83.6 Å². The molecular formula is C28H38N2O6S. The highest BCUT2D eigenvalue weighted by Crippen LogP contribution is 2.39. The molecule has 0 heterocycles. The molecule has 0 unspecified atom stereocenters. The first kappa shape index (κ1) is 27.2. The number of nitrogens with zero attached hydrogens (tertiary/aromatic N) is 1. The lowest BCUT2D eigenvalue weighted by atomic mass is 9.72. The minimum Gasteiger partial charge on any atom is -0.490 e. The van der Waals surface area contributed by atoms with Gasteiger partial charge >= 0.3 is 6.09 Å². The number of nitrogens with one attached hydrogen (secondary N) is 1. The van der Waals surface area contributed by atoms with Gasteiger partial charge in [-0.25, -0.2) is 13.2 Å². The number of rotatable bonds is 9.